The molecule has 5 rings (SSSR count). The third-order valence-corrected chi connectivity index (χ3v) is 5.83. The van der Waals surface area contributed by atoms with E-state index in [9.17, 15) is 0 Å². The molecular formula is C26H26N4O2. The molecule has 6 nitrogen and oxygen atoms in total. The molecule has 2 aliphatic heterocycles. The number of hydrogen-bond donors (Lipinski definition) is 2. The van der Waals surface area contributed by atoms with E-state index >= 15 is 0 Å². The van der Waals surface area contributed by atoms with E-state index in [1.54, 1.807) is 14.2 Å². The molecule has 2 N–H and O–H groups in total. The van der Waals surface area contributed by atoms with Gasteiger partial charge >= 0.3 is 0 Å². The first-order valence-corrected chi connectivity index (χ1v) is 10.6. The number of nitrogens with one attached hydrogen (secondary N) is 2. The first-order chi connectivity index (χ1) is 16.0. The highest BCUT2D eigenvalue weighted by molar-refractivity contribution is 5.88. The van der Waals surface area contributed by atoms with Gasteiger partial charge in [-0.2, -0.15) is 0 Å². The average Bonchev–Trinajstić information content (AvgIpc) is 3.59. The monoisotopic (exact) mass is 427 g/mol. The van der Waals surface area contributed by atoms with Crippen molar-refractivity contribution in [2.75, 3.05) is 14.2 Å². The lowest BCUT2D eigenvalue weighted by Gasteiger charge is -2.17. The van der Waals surface area contributed by atoms with Crippen molar-refractivity contribution in [2.24, 2.45) is 0 Å². The Morgan fingerprint density at radius 2 is 1.38 bits per heavy atom. The second-order valence-corrected chi connectivity index (χ2v) is 7.98. The summed E-state index contributed by atoms with van der Waals surface area (Å²) in [6, 6.07) is 14.4. The molecule has 8 bridgehead atoms. The summed E-state index contributed by atoms with van der Waals surface area (Å²) < 4.78 is 20.3. The number of ether oxygens (including phenoxy) is 2. The van der Waals surface area contributed by atoms with Crippen LogP contribution in [-0.4, -0.2) is 40.3 Å². The lowest BCUT2D eigenvalue weighted by atomic mass is 9.99. The number of H-pyrrole nitrogens is 2. The lowest BCUT2D eigenvalue weighted by Crippen LogP contribution is -2.11. The Hall–Kier alpha value is -3.48. The number of aromatic amines is 2. The molecule has 0 saturated heterocycles. The summed E-state index contributed by atoms with van der Waals surface area (Å²) in [6.07, 6.45) is 3.37. The summed E-state index contributed by atoms with van der Waals surface area (Å²) in [5.41, 5.74) is 8.22. The summed E-state index contributed by atoms with van der Waals surface area (Å²) in [5, 5.41) is 0. The largest absolute Gasteiger partial charge is 0.377 e. The Morgan fingerprint density at radius 1 is 0.781 bits per heavy atom. The van der Waals surface area contributed by atoms with Crippen LogP contribution >= 0.6 is 0 Å². The minimum Gasteiger partial charge on any atom is -0.377 e. The van der Waals surface area contributed by atoms with E-state index in [1.807, 2.05) is 68.5 Å². The molecule has 0 aliphatic carbocycles. The van der Waals surface area contributed by atoms with Crippen molar-refractivity contribution >= 4 is 45.8 Å². The van der Waals surface area contributed by atoms with Crippen LogP contribution < -0.4 is 0 Å². The van der Waals surface area contributed by atoms with Crippen molar-refractivity contribution in [1.29, 1.82) is 0 Å². The maximum Gasteiger partial charge on any atom is 0.0835 e. The molecule has 3 aromatic heterocycles. The molecule has 32 heavy (non-hydrogen) atoms. The number of hydrogen-bond acceptors (Lipinski definition) is 4. The van der Waals surface area contributed by atoms with Crippen molar-refractivity contribution in [1.82, 2.24) is 19.9 Å². The molecule has 162 valence electrons. The molecule has 2 atom stereocenters. The van der Waals surface area contributed by atoms with Gasteiger partial charge in [0, 0.05) is 47.4 Å². The van der Waals surface area contributed by atoms with Gasteiger partial charge in [-0.25, -0.2) is 9.97 Å². The Morgan fingerprint density at radius 3 is 2.00 bits per heavy atom. The number of methoxy groups -OCH3 is 2. The van der Waals surface area contributed by atoms with Crippen LogP contribution in [0.15, 0.2) is 42.5 Å². The summed E-state index contributed by atoms with van der Waals surface area (Å²) in [4.78, 5) is 16.6. The molecule has 0 aromatic carbocycles. The number of rotatable bonds is 4. The van der Waals surface area contributed by atoms with E-state index in [0.717, 1.165) is 44.6 Å². The highest BCUT2D eigenvalue weighted by atomic mass is 16.5. The van der Waals surface area contributed by atoms with E-state index < -0.39 is 0 Å². The molecule has 0 spiro atoms. The van der Waals surface area contributed by atoms with E-state index in [4.69, 9.17) is 20.8 Å². The van der Waals surface area contributed by atoms with E-state index in [1.165, 1.54) is 0 Å². The van der Waals surface area contributed by atoms with Gasteiger partial charge in [0.1, 0.15) is 0 Å². The van der Waals surface area contributed by atoms with Gasteiger partial charge in [-0.15, -0.1) is 0 Å². The van der Waals surface area contributed by atoms with Gasteiger partial charge in [0.05, 0.1) is 36.4 Å². The van der Waals surface area contributed by atoms with Crippen LogP contribution in [0.2, 0.25) is 0 Å². The Kier molecular flexibility index (Phi) is 4.94. The van der Waals surface area contributed by atoms with E-state index in [-0.39, 0.29) is 12.2 Å². The average molecular weight is 428 g/mol. The van der Waals surface area contributed by atoms with Crippen molar-refractivity contribution in [2.45, 2.75) is 26.1 Å². The van der Waals surface area contributed by atoms with Gasteiger partial charge in [0.25, 0.3) is 0 Å². The summed E-state index contributed by atoms with van der Waals surface area (Å²) in [5.74, 6) is 0. The van der Waals surface area contributed by atoms with Crippen molar-refractivity contribution in [3.63, 3.8) is 0 Å². The standard InChI is InChI=1S/C26H26N4O2/c1-15(31-3)23-14-22-13-20-8-7-18(28-20)11-17-5-6-19(27-17)12-21-9-10-24(29-21)25(16(2)32-4)26(23)30-22/h5-16,27-28H,1-4H3/i14D. The van der Waals surface area contributed by atoms with Crippen LogP contribution in [0.4, 0.5) is 0 Å². The van der Waals surface area contributed by atoms with Crippen molar-refractivity contribution in [3.05, 3.63) is 70.8 Å². The van der Waals surface area contributed by atoms with Gasteiger partial charge < -0.3 is 19.4 Å². The predicted octanol–water partition coefficient (Wildman–Crippen LogP) is 5.77. The Labute approximate surface area is 188 Å². The molecule has 0 saturated carbocycles. The SMILES string of the molecule is [2H]C1=C(C(C)OC)c2nc1cc1ccc(cc3ccc(cc4nc(c2C(C)OC)C=C4)[nH]3)[nH]1. The fourth-order valence-corrected chi connectivity index (χ4v) is 4.01. The highest BCUT2D eigenvalue weighted by Gasteiger charge is 2.25. The van der Waals surface area contributed by atoms with Gasteiger partial charge in [-0.05, 0) is 74.5 Å². The van der Waals surface area contributed by atoms with Gasteiger partial charge in [-0.3, -0.25) is 0 Å². The Bertz CT molecular complexity index is 1450. The van der Waals surface area contributed by atoms with Gasteiger partial charge in [0.2, 0.25) is 0 Å². The molecule has 6 heteroatoms. The topological polar surface area (TPSA) is 75.8 Å². The van der Waals surface area contributed by atoms with Crippen LogP contribution in [0.25, 0.3) is 45.8 Å². The zero-order chi connectivity index (χ0) is 23.1. The number of aromatic nitrogens is 4. The molecule has 5 heterocycles. The third kappa shape index (κ3) is 3.79. The van der Waals surface area contributed by atoms with Crippen LogP contribution in [0.3, 0.4) is 0 Å². The first kappa shape index (κ1) is 19.2. The summed E-state index contributed by atoms with van der Waals surface area (Å²) >= 11 is 0. The number of fused-ring (bicyclic) bond motifs is 8. The zero-order valence-corrected chi connectivity index (χ0v) is 18.6. The maximum atomic E-state index is 8.91. The molecule has 2 aliphatic rings. The predicted molar refractivity (Wildman–Crippen MR) is 130 cm³/mol. The molecule has 0 amide bonds. The van der Waals surface area contributed by atoms with Crippen LogP contribution in [0.1, 0.15) is 49.7 Å². The minimum absolute atomic E-state index is 0.277. The lowest BCUT2D eigenvalue weighted by molar-refractivity contribution is 0.118. The van der Waals surface area contributed by atoms with Crippen LogP contribution in [-0.2, 0) is 9.47 Å². The first-order valence-electron chi connectivity index (χ1n) is 11.1. The second-order valence-electron chi connectivity index (χ2n) is 7.98. The molecule has 3 aromatic rings. The highest BCUT2D eigenvalue weighted by Crippen LogP contribution is 2.34. The maximum absolute atomic E-state index is 8.91. The smallest absolute Gasteiger partial charge is 0.0835 e. The van der Waals surface area contributed by atoms with Gasteiger partial charge in [0.15, 0.2) is 0 Å². The minimum atomic E-state index is -0.311. The molecule has 2 unspecified atom stereocenters. The second kappa shape index (κ2) is 8.22. The quantitative estimate of drug-likeness (QED) is 0.434. The summed E-state index contributed by atoms with van der Waals surface area (Å²) in [7, 11) is 3.31. The van der Waals surface area contributed by atoms with Crippen LogP contribution in [0, 0.1) is 0 Å². The fraction of sp³-hybridized carbons (Fsp3) is 0.231. The molecular weight excluding hydrogens is 400 g/mol. The van der Waals surface area contributed by atoms with Crippen LogP contribution in [0.5, 0.6) is 0 Å². The van der Waals surface area contributed by atoms with Gasteiger partial charge in [-0.1, -0.05) is 0 Å². The number of nitrogens with zero attached hydrogens (tertiary/aromatic N) is 2. The normalized spacial score (nSPS) is 15.7. The van der Waals surface area contributed by atoms with Crippen molar-refractivity contribution < 1.29 is 10.8 Å². The third-order valence-electron chi connectivity index (χ3n) is 5.83. The zero-order valence-electron chi connectivity index (χ0n) is 19.6. The summed E-state index contributed by atoms with van der Waals surface area (Å²) in [6.45, 7) is 3.90. The van der Waals surface area contributed by atoms with E-state index in [0.29, 0.717) is 17.4 Å². The Balaban J connectivity index is 1.93. The molecule has 0 fully saturated rings. The molecule has 0 radical (unpaired) electrons. The fourth-order valence-electron chi connectivity index (χ4n) is 4.01. The van der Waals surface area contributed by atoms with Crippen molar-refractivity contribution in [3.8, 4) is 0 Å². The van der Waals surface area contributed by atoms with E-state index in [2.05, 4.69) is 9.97 Å².